The average Bonchev–Trinajstić information content (AvgIpc) is 2.60. The van der Waals surface area contributed by atoms with Gasteiger partial charge in [-0.25, -0.2) is 0 Å². The zero-order valence-electron chi connectivity index (χ0n) is 14.3. The summed E-state index contributed by atoms with van der Waals surface area (Å²) < 4.78 is 11.8. The molecule has 4 atom stereocenters. The van der Waals surface area contributed by atoms with Gasteiger partial charge in [-0.3, -0.25) is 5.41 Å². The van der Waals surface area contributed by atoms with Gasteiger partial charge in [0.2, 0.25) is 11.7 Å². The molecule has 0 unspecified atom stereocenters. The lowest BCUT2D eigenvalue weighted by Gasteiger charge is -2.62. The van der Waals surface area contributed by atoms with Gasteiger partial charge in [-0.05, 0) is 11.5 Å². The van der Waals surface area contributed by atoms with Crippen LogP contribution in [0.4, 0.5) is 0 Å². The summed E-state index contributed by atoms with van der Waals surface area (Å²) in [5, 5.41) is 38.6. The summed E-state index contributed by atoms with van der Waals surface area (Å²) in [7, 11) is 0. The lowest BCUT2D eigenvalue weighted by molar-refractivity contribution is -0.327. The third kappa shape index (κ3) is 1.82. The first-order valence-electron chi connectivity index (χ1n) is 8.07. The molecule has 4 rings (SSSR count). The van der Waals surface area contributed by atoms with Crippen molar-refractivity contribution in [3.05, 3.63) is 35.9 Å². The Labute approximate surface area is 146 Å². The van der Waals surface area contributed by atoms with E-state index in [0.29, 0.717) is 5.56 Å². The summed E-state index contributed by atoms with van der Waals surface area (Å²) in [6.45, 7) is 5.33. The van der Waals surface area contributed by atoms with Gasteiger partial charge in [0.15, 0.2) is 10.8 Å². The van der Waals surface area contributed by atoms with Crippen molar-refractivity contribution < 1.29 is 9.47 Å². The first-order chi connectivity index (χ1) is 11.8. The van der Waals surface area contributed by atoms with E-state index < -0.39 is 28.6 Å². The fourth-order valence-corrected chi connectivity index (χ4v) is 4.30. The van der Waals surface area contributed by atoms with Crippen molar-refractivity contribution in [3.8, 4) is 18.2 Å². The maximum absolute atomic E-state index is 10.1. The number of fused-ring (bicyclic) bond motifs is 3. The molecule has 0 radical (unpaired) electrons. The van der Waals surface area contributed by atoms with Crippen LogP contribution in [0.25, 0.3) is 0 Å². The Balaban J connectivity index is 2.38. The molecule has 6 heteroatoms. The van der Waals surface area contributed by atoms with Crippen molar-refractivity contribution in [3.63, 3.8) is 0 Å². The summed E-state index contributed by atoms with van der Waals surface area (Å²) in [5.74, 6) is -2.74. The number of nitrogens with zero attached hydrogens (tertiary/aromatic N) is 3. The zero-order chi connectivity index (χ0) is 18.5. The van der Waals surface area contributed by atoms with Crippen LogP contribution in [-0.2, 0) is 9.47 Å². The summed E-state index contributed by atoms with van der Waals surface area (Å²) in [6.07, 6.45) is -0.789. The van der Waals surface area contributed by atoms with Gasteiger partial charge >= 0.3 is 0 Å². The van der Waals surface area contributed by atoms with Gasteiger partial charge in [-0.1, -0.05) is 44.2 Å². The highest BCUT2D eigenvalue weighted by Gasteiger charge is 2.79. The standard InChI is InChI=1S/C19H18N4O2/c1-12(2)15-19(11-22)16(23)25-17(3,24-15)14(18(19,9-20)10-21)13-7-5-4-6-8-13/h4-8,12,14-15,23H,1-3H3/t14-,15-,17+,19+/m1/s1. The molecule has 0 spiro atoms. The van der Waals surface area contributed by atoms with Crippen LogP contribution in [0.1, 0.15) is 32.3 Å². The van der Waals surface area contributed by atoms with Crippen LogP contribution >= 0.6 is 0 Å². The summed E-state index contributed by atoms with van der Waals surface area (Å²) >= 11 is 0. The van der Waals surface area contributed by atoms with Gasteiger partial charge < -0.3 is 9.47 Å². The van der Waals surface area contributed by atoms with Crippen LogP contribution in [0.2, 0.25) is 0 Å². The highest BCUT2D eigenvalue weighted by molar-refractivity contribution is 5.89. The Morgan fingerprint density at radius 2 is 1.68 bits per heavy atom. The highest BCUT2D eigenvalue weighted by atomic mass is 16.7. The zero-order valence-corrected chi connectivity index (χ0v) is 14.3. The Morgan fingerprint density at radius 1 is 1.08 bits per heavy atom. The van der Waals surface area contributed by atoms with Gasteiger partial charge in [-0.2, -0.15) is 15.8 Å². The molecule has 0 aliphatic carbocycles. The first kappa shape index (κ1) is 17.0. The minimum atomic E-state index is -1.79. The van der Waals surface area contributed by atoms with Gasteiger partial charge in [0.1, 0.15) is 0 Å². The smallest absolute Gasteiger partial charge is 0.219 e. The van der Waals surface area contributed by atoms with E-state index in [2.05, 4.69) is 18.2 Å². The van der Waals surface area contributed by atoms with Crippen LogP contribution < -0.4 is 0 Å². The number of nitrogens with one attached hydrogen (secondary N) is 1. The first-order valence-corrected chi connectivity index (χ1v) is 8.07. The Morgan fingerprint density at radius 3 is 2.16 bits per heavy atom. The quantitative estimate of drug-likeness (QED) is 0.892. The fourth-order valence-electron chi connectivity index (χ4n) is 4.30. The maximum atomic E-state index is 10.1. The number of rotatable bonds is 2. The minimum absolute atomic E-state index is 0.180. The molecule has 2 bridgehead atoms. The number of hydrogen-bond acceptors (Lipinski definition) is 6. The molecular formula is C19H18N4O2. The second-order valence-corrected chi connectivity index (χ2v) is 7.02. The second-order valence-electron chi connectivity index (χ2n) is 7.02. The van der Waals surface area contributed by atoms with E-state index in [1.807, 2.05) is 19.9 Å². The molecule has 3 fully saturated rings. The number of ether oxygens (including phenoxy) is 2. The van der Waals surface area contributed by atoms with Crippen molar-refractivity contribution >= 4 is 5.90 Å². The molecule has 3 aliphatic rings. The fraction of sp³-hybridized carbons (Fsp3) is 0.474. The normalized spacial score (nSPS) is 35.3. The van der Waals surface area contributed by atoms with Crippen LogP contribution in [0.15, 0.2) is 30.3 Å². The molecule has 3 saturated heterocycles. The van der Waals surface area contributed by atoms with Crippen LogP contribution in [0, 0.1) is 56.2 Å². The molecule has 1 N–H and O–H groups in total. The summed E-state index contributed by atoms with van der Waals surface area (Å²) in [4.78, 5) is 0. The molecule has 3 heterocycles. The molecule has 0 amide bonds. The van der Waals surface area contributed by atoms with Crippen LogP contribution in [-0.4, -0.2) is 17.8 Å². The molecule has 25 heavy (non-hydrogen) atoms. The van der Waals surface area contributed by atoms with Crippen molar-refractivity contribution in [2.24, 2.45) is 16.7 Å². The van der Waals surface area contributed by atoms with Gasteiger partial charge in [0.25, 0.3) is 0 Å². The largest absolute Gasteiger partial charge is 0.447 e. The average molecular weight is 334 g/mol. The lowest BCUT2D eigenvalue weighted by atomic mass is 9.49. The maximum Gasteiger partial charge on any atom is 0.219 e. The van der Waals surface area contributed by atoms with E-state index in [4.69, 9.17) is 14.9 Å². The Hall–Kier alpha value is -2.88. The summed E-state index contributed by atoms with van der Waals surface area (Å²) in [6, 6.07) is 15.3. The SMILES string of the molecule is CC(C)[C@H]1O[C@@]2(C)OC(=N)[C@@]1(C#N)C(C#N)(C#N)[C@@H]2c1ccccc1. The number of benzene rings is 1. The lowest BCUT2D eigenvalue weighted by Crippen LogP contribution is -2.74. The van der Waals surface area contributed by atoms with Crippen molar-refractivity contribution in [1.82, 2.24) is 0 Å². The predicted octanol–water partition coefficient (Wildman–Crippen LogP) is 3.09. The van der Waals surface area contributed by atoms with Gasteiger partial charge in [0.05, 0.1) is 30.2 Å². The Bertz CT molecular complexity index is 831. The van der Waals surface area contributed by atoms with Crippen LogP contribution in [0.5, 0.6) is 0 Å². The van der Waals surface area contributed by atoms with E-state index in [1.54, 1.807) is 31.2 Å². The molecule has 126 valence electrons. The van der Waals surface area contributed by atoms with E-state index in [1.165, 1.54) is 0 Å². The molecule has 3 aliphatic heterocycles. The molecule has 0 aromatic heterocycles. The number of nitriles is 3. The third-order valence-electron chi connectivity index (χ3n) is 5.30. The molecule has 0 saturated carbocycles. The van der Waals surface area contributed by atoms with Crippen molar-refractivity contribution in [2.45, 2.75) is 38.6 Å². The van der Waals surface area contributed by atoms with E-state index in [0.717, 1.165) is 0 Å². The van der Waals surface area contributed by atoms with Crippen molar-refractivity contribution in [2.75, 3.05) is 0 Å². The highest BCUT2D eigenvalue weighted by Crippen LogP contribution is 2.66. The molecular weight excluding hydrogens is 316 g/mol. The predicted molar refractivity (Wildman–Crippen MR) is 87.8 cm³/mol. The minimum Gasteiger partial charge on any atom is -0.447 e. The second kappa shape index (κ2) is 5.31. The Kier molecular flexibility index (Phi) is 3.60. The van der Waals surface area contributed by atoms with Crippen molar-refractivity contribution in [1.29, 1.82) is 21.2 Å². The van der Waals surface area contributed by atoms with Gasteiger partial charge in [0, 0.05) is 6.92 Å². The summed E-state index contributed by atoms with van der Waals surface area (Å²) in [5.41, 5.74) is -2.91. The monoisotopic (exact) mass is 334 g/mol. The number of hydrogen-bond donors (Lipinski definition) is 1. The third-order valence-corrected chi connectivity index (χ3v) is 5.30. The molecule has 1 aromatic rings. The molecule has 6 nitrogen and oxygen atoms in total. The topological polar surface area (TPSA) is 114 Å². The van der Waals surface area contributed by atoms with E-state index in [-0.39, 0.29) is 11.8 Å². The van der Waals surface area contributed by atoms with E-state index >= 15 is 0 Å². The van der Waals surface area contributed by atoms with E-state index in [9.17, 15) is 15.8 Å². The molecule has 1 aromatic carbocycles. The van der Waals surface area contributed by atoms with Crippen LogP contribution in [0.3, 0.4) is 0 Å². The van der Waals surface area contributed by atoms with Gasteiger partial charge in [-0.15, -0.1) is 0 Å².